The summed E-state index contributed by atoms with van der Waals surface area (Å²) in [6.45, 7) is 9.79. The number of amides is 2. The van der Waals surface area contributed by atoms with E-state index in [1.807, 2.05) is 33.8 Å². The van der Waals surface area contributed by atoms with Crippen LogP contribution in [0.2, 0.25) is 0 Å². The molecule has 1 unspecified atom stereocenters. The van der Waals surface area contributed by atoms with Gasteiger partial charge in [-0.3, -0.25) is 13.9 Å². The predicted molar refractivity (Wildman–Crippen MR) is 164 cm³/mol. The topological polar surface area (TPSA) is 105 Å². The fourth-order valence-electron chi connectivity index (χ4n) is 4.24. The highest BCUT2D eigenvalue weighted by Crippen LogP contribution is 2.27. The van der Waals surface area contributed by atoms with Crippen molar-refractivity contribution in [1.82, 2.24) is 10.2 Å². The monoisotopic (exact) mass is 595 g/mol. The van der Waals surface area contributed by atoms with Crippen molar-refractivity contribution in [1.29, 1.82) is 0 Å². The fraction of sp³-hybridized carbons (Fsp3) is 0.375. The summed E-state index contributed by atoms with van der Waals surface area (Å²) in [5, 5.41) is 2.89. The van der Waals surface area contributed by atoms with E-state index < -0.39 is 28.5 Å². The number of carbonyl (C=O) groups excluding carboxylic acids is 2. The van der Waals surface area contributed by atoms with Crippen LogP contribution in [0.1, 0.15) is 38.8 Å². The van der Waals surface area contributed by atoms with Crippen LogP contribution in [-0.2, 0) is 26.2 Å². The Morgan fingerprint density at radius 1 is 0.929 bits per heavy atom. The molecular weight excluding hydrogens is 554 g/mol. The van der Waals surface area contributed by atoms with Gasteiger partial charge in [-0.15, -0.1) is 0 Å². The van der Waals surface area contributed by atoms with Gasteiger partial charge in [0.15, 0.2) is 0 Å². The molecule has 0 heterocycles. The molecule has 9 nitrogen and oxygen atoms in total. The van der Waals surface area contributed by atoms with Gasteiger partial charge in [0.1, 0.15) is 24.1 Å². The highest BCUT2D eigenvalue weighted by molar-refractivity contribution is 7.92. The van der Waals surface area contributed by atoms with Crippen molar-refractivity contribution < 1.29 is 27.5 Å². The summed E-state index contributed by atoms with van der Waals surface area (Å²) >= 11 is 0. The molecule has 2 amide bonds. The van der Waals surface area contributed by atoms with E-state index in [1.165, 1.54) is 17.0 Å². The van der Waals surface area contributed by atoms with Crippen LogP contribution in [-0.4, -0.2) is 58.0 Å². The third-order valence-electron chi connectivity index (χ3n) is 6.66. The molecule has 0 saturated heterocycles. The second-order valence-corrected chi connectivity index (χ2v) is 12.3. The minimum absolute atomic E-state index is 0.0526. The molecule has 1 atom stereocenters. The number of benzene rings is 3. The number of anilines is 1. The maximum absolute atomic E-state index is 14.1. The Morgan fingerprint density at radius 2 is 1.60 bits per heavy atom. The van der Waals surface area contributed by atoms with Crippen molar-refractivity contribution in [2.45, 2.75) is 52.1 Å². The minimum Gasteiger partial charge on any atom is -0.497 e. The SMILES string of the molecule is CCOc1ccc(N(CC(=O)N(Cc2cccc(OC)c2)C(C)C(=O)NCC(C)C)S(=O)(=O)c2ccc(C)cc2)cc1. The van der Waals surface area contributed by atoms with Crippen molar-refractivity contribution in [3.05, 3.63) is 83.9 Å². The Morgan fingerprint density at radius 3 is 2.19 bits per heavy atom. The van der Waals surface area contributed by atoms with Crippen LogP contribution >= 0.6 is 0 Å². The average Bonchev–Trinajstić information content (AvgIpc) is 2.97. The first kappa shape index (κ1) is 32.5. The first-order valence-corrected chi connectivity index (χ1v) is 15.4. The molecule has 0 radical (unpaired) electrons. The maximum atomic E-state index is 14.1. The van der Waals surface area contributed by atoms with E-state index in [-0.39, 0.29) is 23.3 Å². The van der Waals surface area contributed by atoms with E-state index in [4.69, 9.17) is 9.47 Å². The van der Waals surface area contributed by atoms with Crippen LogP contribution in [0.25, 0.3) is 0 Å². The lowest BCUT2D eigenvalue weighted by Gasteiger charge is -2.32. The molecule has 3 aromatic rings. The molecule has 3 aromatic carbocycles. The van der Waals surface area contributed by atoms with Gasteiger partial charge >= 0.3 is 0 Å². The van der Waals surface area contributed by atoms with Gasteiger partial charge in [0.2, 0.25) is 11.8 Å². The number of rotatable bonds is 14. The van der Waals surface area contributed by atoms with E-state index in [0.717, 1.165) is 15.4 Å². The minimum atomic E-state index is -4.15. The van der Waals surface area contributed by atoms with Gasteiger partial charge in [-0.05, 0) is 80.8 Å². The second kappa shape index (κ2) is 14.7. The zero-order valence-corrected chi connectivity index (χ0v) is 26.0. The normalized spacial score (nSPS) is 12.0. The van der Waals surface area contributed by atoms with Gasteiger partial charge in [0, 0.05) is 13.1 Å². The number of hydrogen-bond donors (Lipinski definition) is 1. The lowest BCUT2D eigenvalue weighted by atomic mass is 10.1. The highest BCUT2D eigenvalue weighted by Gasteiger charge is 2.32. The molecule has 0 bridgehead atoms. The van der Waals surface area contributed by atoms with Crippen LogP contribution in [0.4, 0.5) is 5.69 Å². The van der Waals surface area contributed by atoms with Crippen LogP contribution in [0.3, 0.4) is 0 Å². The van der Waals surface area contributed by atoms with Gasteiger partial charge in [0.25, 0.3) is 10.0 Å². The number of aryl methyl sites for hydroxylation is 1. The van der Waals surface area contributed by atoms with Crippen molar-refractivity contribution in [3.63, 3.8) is 0 Å². The molecule has 1 N–H and O–H groups in total. The Kier molecular flexibility index (Phi) is 11.4. The van der Waals surface area contributed by atoms with E-state index in [9.17, 15) is 18.0 Å². The summed E-state index contributed by atoms with van der Waals surface area (Å²) in [7, 11) is -2.60. The average molecular weight is 596 g/mol. The summed E-state index contributed by atoms with van der Waals surface area (Å²) in [6, 6.07) is 19.3. The molecular formula is C32H41N3O6S. The van der Waals surface area contributed by atoms with Gasteiger partial charge in [-0.2, -0.15) is 0 Å². The van der Waals surface area contributed by atoms with Gasteiger partial charge in [0.05, 0.1) is 24.3 Å². The van der Waals surface area contributed by atoms with E-state index in [1.54, 1.807) is 68.6 Å². The summed E-state index contributed by atoms with van der Waals surface area (Å²) in [4.78, 5) is 28.6. The number of ether oxygens (including phenoxy) is 2. The fourth-order valence-corrected chi connectivity index (χ4v) is 5.66. The smallest absolute Gasteiger partial charge is 0.264 e. The number of nitrogens with one attached hydrogen (secondary N) is 1. The molecule has 3 rings (SSSR count). The molecule has 0 aromatic heterocycles. The Hall–Kier alpha value is -4.05. The lowest BCUT2D eigenvalue weighted by Crippen LogP contribution is -2.51. The Labute approximate surface area is 249 Å². The van der Waals surface area contributed by atoms with Crippen molar-refractivity contribution in [2.24, 2.45) is 5.92 Å². The number of carbonyl (C=O) groups is 2. The number of hydrogen-bond acceptors (Lipinski definition) is 6. The standard InChI is InChI=1S/C32H41N3O6S/c1-7-41-28-15-13-27(14-16-28)35(42(38,39)30-17-11-24(4)12-18-30)22-31(36)34(25(5)32(37)33-20-23(2)3)21-26-9-8-10-29(19-26)40-6/h8-19,23,25H,7,20-22H2,1-6H3,(H,33,37). The largest absolute Gasteiger partial charge is 0.497 e. The van der Waals surface area contributed by atoms with Gasteiger partial charge in [-0.25, -0.2) is 8.42 Å². The third kappa shape index (κ3) is 8.48. The Balaban J connectivity index is 2.02. The summed E-state index contributed by atoms with van der Waals surface area (Å²) in [5.74, 6) is 0.548. The molecule has 0 aliphatic carbocycles. The summed E-state index contributed by atoms with van der Waals surface area (Å²) in [6.07, 6.45) is 0. The van der Waals surface area contributed by atoms with Crippen LogP contribution < -0.4 is 19.1 Å². The van der Waals surface area contributed by atoms with Gasteiger partial charge in [-0.1, -0.05) is 43.7 Å². The van der Waals surface area contributed by atoms with Gasteiger partial charge < -0.3 is 19.7 Å². The third-order valence-corrected chi connectivity index (χ3v) is 8.45. The maximum Gasteiger partial charge on any atom is 0.264 e. The van der Waals surface area contributed by atoms with E-state index in [2.05, 4.69) is 5.32 Å². The second-order valence-electron chi connectivity index (χ2n) is 10.4. The molecule has 10 heteroatoms. The summed E-state index contributed by atoms with van der Waals surface area (Å²) < 4.78 is 39.9. The van der Waals surface area contributed by atoms with Crippen LogP contribution in [0.5, 0.6) is 11.5 Å². The lowest BCUT2D eigenvalue weighted by molar-refractivity contribution is -0.139. The highest BCUT2D eigenvalue weighted by atomic mass is 32.2. The quantitative estimate of drug-likeness (QED) is 0.288. The Bertz CT molecular complexity index is 1440. The molecule has 0 spiro atoms. The summed E-state index contributed by atoms with van der Waals surface area (Å²) in [5.41, 5.74) is 1.94. The van der Waals surface area contributed by atoms with Crippen LogP contribution in [0, 0.1) is 12.8 Å². The molecule has 0 aliphatic heterocycles. The van der Waals surface area contributed by atoms with Crippen molar-refractivity contribution in [2.75, 3.05) is 31.1 Å². The van der Waals surface area contributed by atoms with E-state index in [0.29, 0.717) is 30.3 Å². The van der Waals surface area contributed by atoms with Crippen LogP contribution in [0.15, 0.2) is 77.7 Å². The molecule has 0 saturated carbocycles. The molecule has 0 fully saturated rings. The predicted octanol–water partition coefficient (Wildman–Crippen LogP) is 4.79. The van der Waals surface area contributed by atoms with E-state index >= 15 is 0 Å². The zero-order chi connectivity index (χ0) is 30.9. The van der Waals surface area contributed by atoms with Crippen molar-refractivity contribution >= 4 is 27.5 Å². The first-order chi connectivity index (χ1) is 20.0. The first-order valence-electron chi connectivity index (χ1n) is 14.0. The number of methoxy groups -OCH3 is 1. The molecule has 226 valence electrons. The molecule has 0 aliphatic rings. The zero-order valence-electron chi connectivity index (χ0n) is 25.2. The number of sulfonamides is 1. The molecule has 42 heavy (non-hydrogen) atoms. The number of nitrogens with zero attached hydrogens (tertiary/aromatic N) is 2. The van der Waals surface area contributed by atoms with Crippen molar-refractivity contribution in [3.8, 4) is 11.5 Å².